The Morgan fingerprint density at radius 2 is 1.96 bits per heavy atom. The summed E-state index contributed by atoms with van der Waals surface area (Å²) in [5.41, 5.74) is 2.76. The quantitative estimate of drug-likeness (QED) is 0.756. The standard InChI is InChI=1S/C18H21N5O/c1-13(11-15-7-5-6-10-19-15)20-18(24)12-14(2)23-17-9-4-3-8-16(17)21-22-23/h3-10,13-14H,11-12H2,1-2H3,(H,20,24)/t13-,14+/m0/s1. The molecule has 1 amide bonds. The zero-order valence-electron chi connectivity index (χ0n) is 13.9. The summed E-state index contributed by atoms with van der Waals surface area (Å²) in [6.07, 6.45) is 2.84. The number of fused-ring (bicyclic) bond motifs is 1. The van der Waals surface area contributed by atoms with Crippen LogP contribution < -0.4 is 5.32 Å². The summed E-state index contributed by atoms with van der Waals surface area (Å²) in [5, 5.41) is 11.3. The van der Waals surface area contributed by atoms with Gasteiger partial charge in [-0.1, -0.05) is 23.4 Å². The number of nitrogens with one attached hydrogen (secondary N) is 1. The van der Waals surface area contributed by atoms with Gasteiger partial charge in [-0.2, -0.15) is 0 Å². The highest BCUT2D eigenvalue weighted by molar-refractivity contribution is 5.77. The molecule has 24 heavy (non-hydrogen) atoms. The van der Waals surface area contributed by atoms with Crippen LogP contribution in [-0.4, -0.2) is 31.9 Å². The van der Waals surface area contributed by atoms with Crippen molar-refractivity contribution in [1.82, 2.24) is 25.3 Å². The summed E-state index contributed by atoms with van der Waals surface area (Å²) in [6.45, 7) is 3.96. The minimum Gasteiger partial charge on any atom is -0.353 e. The molecule has 3 rings (SSSR count). The number of pyridine rings is 1. The minimum absolute atomic E-state index is 0.00510. The van der Waals surface area contributed by atoms with Crippen molar-refractivity contribution in [3.63, 3.8) is 0 Å². The van der Waals surface area contributed by atoms with Crippen molar-refractivity contribution in [2.75, 3.05) is 0 Å². The summed E-state index contributed by atoms with van der Waals surface area (Å²) in [6, 6.07) is 13.5. The molecule has 6 heteroatoms. The molecule has 1 N–H and O–H groups in total. The number of carbonyl (C=O) groups excluding carboxylic acids is 1. The van der Waals surface area contributed by atoms with Crippen LogP contribution in [-0.2, 0) is 11.2 Å². The predicted molar refractivity (Wildman–Crippen MR) is 92.4 cm³/mol. The van der Waals surface area contributed by atoms with Crippen LogP contribution >= 0.6 is 0 Å². The Bertz CT molecular complexity index is 814. The van der Waals surface area contributed by atoms with Crippen molar-refractivity contribution in [2.24, 2.45) is 0 Å². The SMILES string of the molecule is C[C@H](CC(=O)N[C@@H](C)Cc1ccccn1)n1nnc2ccccc21. The van der Waals surface area contributed by atoms with Crippen LogP contribution in [0.15, 0.2) is 48.7 Å². The van der Waals surface area contributed by atoms with Gasteiger partial charge in [0.1, 0.15) is 5.52 Å². The molecule has 0 aliphatic rings. The van der Waals surface area contributed by atoms with Crippen molar-refractivity contribution in [1.29, 1.82) is 0 Å². The molecule has 0 aliphatic carbocycles. The molecule has 2 heterocycles. The fourth-order valence-electron chi connectivity index (χ4n) is 2.78. The summed E-state index contributed by atoms with van der Waals surface area (Å²) in [5.74, 6) is 0.00510. The van der Waals surface area contributed by atoms with Gasteiger partial charge in [0.2, 0.25) is 5.91 Å². The number of amides is 1. The van der Waals surface area contributed by atoms with E-state index in [0.29, 0.717) is 12.8 Å². The monoisotopic (exact) mass is 323 g/mol. The third kappa shape index (κ3) is 3.76. The number of nitrogens with zero attached hydrogens (tertiary/aromatic N) is 4. The highest BCUT2D eigenvalue weighted by Crippen LogP contribution is 2.17. The van der Waals surface area contributed by atoms with E-state index < -0.39 is 0 Å². The maximum absolute atomic E-state index is 12.3. The van der Waals surface area contributed by atoms with E-state index in [1.807, 2.05) is 56.3 Å². The number of hydrogen-bond donors (Lipinski definition) is 1. The van der Waals surface area contributed by atoms with Gasteiger partial charge in [0, 0.05) is 30.8 Å². The second kappa shape index (κ2) is 7.21. The molecule has 0 bridgehead atoms. The van der Waals surface area contributed by atoms with Crippen LogP contribution in [0.2, 0.25) is 0 Å². The zero-order valence-corrected chi connectivity index (χ0v) is 13.9. The summed E-state index contributed by atoms with van der Waals surface area (Å²) in [4.78, 5) is 16.6. The van der Waals surface area contributed by atoms with Gasteiger partial charge in [-0.05, 0) is 38.1 Å². The minimum atomic E-state index is -0.0561. The molecule has 124 valence electrons. The van der Waals surface area contributed by atoms with Crippen LogP contribution in [0.3, 0.4) is 0 Å². The largest absolute Gasteiger partial charge is 0.353 e. The van der Waals surface area contributed by atoms with Gasteiger partial charge in [0.25, 0.3) is 0 Å². The Kier molecular flexibility index (Phi) is 4.84. The second-order valence-corrected chi connectivity index (χ2v) is 6.07. The first-order chi connectivity index (χ1) is 11.6. The number of carbonyl (C=O) groups is 1. The lowest BCUT2D eigenvalue weighted by Gasteiger charge is -2.16. The van der Waals surface area contributed by atoms with Crippen molar-refractivity contribution < 1.29 is 4.79 Å². The number of hydrogen-bond acceptors (Lipinski definition) is 4. The lowest BCUT2D eigenvalue weighted by atomic mass is 10.1. The lowest BCUT2D eigenvalue weighted by Crippen LogP contribution is -2.35. The van der Waals surface area contributed by atoms with Gasteiger partial charge in [-0.15, -0.1) is 5.10 Å². The molecule has 0 aliphatic heterocycles. The van der Waals surface area contributed by atoms with E-state index in [1.165, 1.54) is 0 Å². The smallest absolute Gasteiger partial charge is 0.222 e. The first-order valence-electron chi connectivity index (χ1n) is 8.12. The average Bonchev–Trinajstić information content (AvgIpc) is 2.99. The average molecular weight is 323 g/mol. The fraction of sp³-hybridized carbons (Fsp3) is 0.333. The Morgan fingerprint density at radius 3 is 2.75 bits per heavy atom. The van der Waals surface area contributed by atoms with E-state index in [2.05, 4.69) is 20.6 Å². The van der Waals surface area contributed by atoms with Crippen molar-refractivity contribution in [3.8, 4) is 0 Å². The van der Waals surface area contributed by atoms with Crippen molar-refractivity contribution >= 4 is 16.9 Å². The molecular weight excluding hydrogens is 302 g/mol. The van der Waals surface area contributed by atoms with Gasteiger partial charge in [0.05, 0.1) is 11.6 Å². The lowest BCUT2D eigenvalue weighted by molar-refractivity contribution is -0.122. The van der Waals surface area contributed by atoms with Gasteiger partial charge in [0.15, 0.2) is 0 Å². The van der Waals surface area contributed by atoms with Crippen LogP contribution in [0.4, 0.5) is 0 Å². The summed E-state index contributed by atoms with van der Waals surface area (Å²) < 4.78 is 1.80. The highest BCUT2D eigenvalue weighted by Gasteiger charge is 2.16. The Morgan fingerprint density at radius 1 is 1.17 bits per heavy atom. The molecule has 2 atom stereocenters. The van der Waals surface area contributed by atoms with Crippen LogP contribution in [0.25, 0.3) is 11.0 Å². The Hall–Kier alpha value is -2.76. The Balaban J connectivity index is 1.58. The molecule has 3 aromatic rings. The maximum atomic E-state index is 12.3. The molecule has 2 aromatic heterocycles. The third-order valence-corrected chi connectivity index (χ3v) is 3.92. The predicted octanol–water partition coefficient (Wildman–Crippen LogP) is 2.52. The van der Waals surface area contributed by atoms with Gasteiger partial charge in [-0.25, -0.2) is 4.68 Å². The van der Waals surface area contributed by atoms with Gasteiger partial charge >= 0.3 is 0 Å². The molecule has 1 aromatic carbocycles. The molecule has 0 saturated carbocycles. The molecule has 0 unspecified atom stereocenters. The highest BCUT2D eigenvalue weighted by atomic mass is 16.1. The van der Waals surface area contributed by atoms with Crippen LogP contribution in [0, 0.1) is 0 Å². The van der Waals surface area contributed by atoms with Gasteiger partial charge in [-0.3, -0.25) is 9.78 Å². The number of rotatable bonds is 6. The molecule has 0 saturated heterocycles. The first kappa shape index (κ1) is 16.1. The Labute approximate surface area is 140 Å². The van der Waals surface area contributed by atoms with Crippen molar-refractivity contribution in [2.45, 2.75) is 38.8 Å². The normalized spacial score (nSPS) is 13.6. The molecule has 0 fully saturated rings. The molecule has 0 radical (unpaired) electrons. The molecule has 6 nitrogen and oxygen atoms in total. The van der Waals surface area contributed by atoms with Crippen LogP contribution in [0.5, 0.6) is 0 Å². The maximum Gasteiger partial charge on any atom is 0.222 e. The van der Waals surface area contributed by atoms with Crippen molar-refractivity contribution in [3.05, 3.63) is 54.4 Å². The van der Waals surface area contributed by atoms with E-state index >= 15 is 0 Å². The van der Waals surface area contributed by atoms with Crippen LogP contribution in [0.1, 0.15) is 32.0 Å². The molecular formula is C18H21N5O. The number of benzene rings is 1. The van der Waals surface area contributed by atoms with E-state index in [-0.39, 0.29) is 18.0 Å². The van der Waals surface area contributed by atoms with E-state index in [0.717, 1.165) is 16.7 Å². The fourth-order valence-corrected chi connectivity index (χ4v) is 2.78. The number of aromatic nitrogens is 4. The third-order valence-electron chi connectivity index (χ3n) is 3.92. The second-order valence-electron chi connectivity index (χ2n) is 6.07. The van der Waals surface area contributed by atoms with E-state index in [4.69, 9.17) is 0 Å². The van der Waals surface area contributed by atoms with Gasteiger partial charge < -0.3 is 5.32 Å². The molecule has 0 spiro atoms. The summed E-state index contributed by atoms with van der Waals surface area (Å²) in [7, 11) is 0. The summed E-state index contributed by atoms with van der Waals surface area (Å²) >= 11 is 0. The number of para-hydroxylation sites is 1. The zero-order chi connectivity index (χ0) is 16.9. The van der Waals surface area contributed by atoms with E-state index in [1.54, 1.807) is 10.9 Å². The first-order valence-corrected chi connectivity index (χ1v) is 8.12. The van der Waals surface area contributed by atoms with E-state index in [9.17, 15) is 4.79 Å². The topological polar surface area (TPSA) is 72.7 Å².